The van der Waals surface area contributed by atoms with Gasteiger partial charge in [0, 0.05) is 5.12 Å². The molecule has 0 aliphatic carbocycles. The van der Waals surface area contributed by atoms with Crippen LogP contribution in [0.25, 0.3) is 0 Å². The molecule has 1 aromatic rings. The van der Waals surface area contributed by atoms with Crippen LogP contribution in [0.1, 0.15) is 0 Å². The summed E-state index contributed by atoms with van der Waals surface area (Å²) < 4.78 is 5.01. The number of benzene rings is 1. The Balaban J connectivity index is 2.45. The van der Waals surface area contributed by atoms with Crippen LogP contribution in [0, 0.1) is 0 Å². The van der Waals surface area contributed by atoms with Crippen LogP contribution >= 0.6 is 0 Å². The number of hydrogen-bond donors (Lipinski definition) is 0. The minimum atomic E-state index is -0.381. The van der Waals surface area contributed by atoms with Gasteiger partial charge in [0.15, 0.2) is 0 Å². The van der Waals surface area contributed by atoms with Crippen LogP contribution in [-0.2, 0) is 17.4 Å². The lowest BCUT2D eigenvalue weighted by Crippen LogP contribution is -2.06. The minimum Gasteiger partial charge on any atom is -0.739 e. The highest BCUT2D eigenvalue weighted by Gasteiger charge is 1.88. The molecule has 0 bridgehead atoms. The highest BCUT2D eigenvalue weighted by atomic mass is 32.1. The summed E-state index contributed by atoms with van der Waals surface area (Å²) in [5, 5.41) is -0.381. The number of carbonyl (C=O) groups excluding carboxylic acids is 1. The van der Waals surface area contributed by atoms with Gasteiger partial charge in [0.2, 0.25) is 0 Å². The molecule has 0 aromatic heterocycles. The van der Waals surface area contributed by atoms with Gasteiger partial charge < -0.3 is 22.2 Å². The summed E-state index contributed by atoms with van der Waals surface area (Å²) in [4.78, 5) is 10.3. The van der Waals surface area contributed by atoms with Gasteiger partial charge in [0.05, 0.1) is 0 Å². The molecule has 3 heteroatoms. The molecule has 0 radical (unpaired) electrons. The predicted octanol–water partition coefficient (Wildman–Crippen LogP) is 1.14. The molecule has 0 spiro atoms. The molecule has 0 unspecified atom stereocenters. The maximum atomic E-state index is 10.3. The Kier molecular flexibility index (Phi) is 2.86. The van der Waals surface area contributed by atoms with Crippen LogP contribution in [0.15, 0.2) is 30.3 Å². The van der Waals surface area contributed by atoms with E-state index < -0.39 is 0 Å². The van der Waals surface area contributed by atoms with E-state index in [2.05, 4.69) is 12.6 Å². The molecule has 1 rings (SSSR count). The Morgan fingerprint density at radius 1 is 1.36 bits per heavy atom. The second-order valence-electron chi connectivity index (χ2n) is 1.97. The molecule has 0 saturated carbocycles. The summed E-state index contributed by atoms with van der Waals surface area (Å²) in [7, 11) is 0. The van der Waals surface area contributed by atoms with Gasteiger partial charge >= 0.3 is 0 Å². The smallest absolute Gasteiger partial charge is 0.125 e. The SMILES string of the molecule is O=C([S-])COc1ccccc1. The van der Waals surface area contributed by atoms with Crippen LogP contribution in [0.2, 0.25) is 0 Å². The Morgan fingerprint density at radius 3 is 2.55 bits per heavy atom. The third-order valence-electron chi connectivity index (χ3n) is 1.10. The van der Waals surface area contributed by atoms with Crippen molar-refractivity contribution < 1.29 is 9.53 Å². The average molecular weight is 167 g/mol. The van der Waals surface area contributed by atoms with Gasteiger partial charge in [-0.3, -0.25) is 0 Å². The molecule has 2 nitrogen and oxygen atoms in total. The Morgan fingerprint density at radius 2 is 2.00 bits per heavy atom. The van der Waals surface area contributed by atoms with Gasteiger partial charge in [-0.2, -0.15) is 0 Å². The molecule has 0 fully saturated rings. The van der Waals surface area contributed by atoms with Crippen LogP contribution in [0.4, 0.5) is 0 Å². The van der Waals surface area contributed by atoms with E-state index in [4.69, 9.17) is 4.74 Å². The number of ether oxygens (including phenoxy) is 1. The monoisotopic (exact) mass is 167 g/mol. The fraction of sp³-hybridized carbons (Fsp3) is 0.125. The summed E-state index contributed by atoms with van der Waals surface area (Å²) in [5.74, 6) is 0.672. The highest BCUT2D eigenvalue weighted by molar-refractivity contribution is 7.77. The molecule has 1 aromatic carbocycles. The number of para-hydroxylation sites is 1. The van der Waals surface area contributed by atoms with Crippen molar-refractivity contribution in [1.29, 1.82) is 0 Å². The largest absolute Gasteiger partial charge is 0.739 e. The number of carbonyl (C=O) groups is 1. The predicted molar refractivity (Wildman–Crippen MR) is 44.3 cm³/mol. The van der Waals surface area contributed by atoms with Gasteiger partial charge in [-0.05, 0) is 12.1 Å². The van der Waals surface area contributed by atoms with Gasteiger partial charge in [0.1, 0.15) is 12.4 Å². The van der Waals surface area contributed by atoms with Crippen LogP contribution < -0.4 is 4.74 Å². The molecule has 11 heavy (non-hydrogen) atoms. The molecule has 0 aliphatic heterocycles. The molecule has 58 valence electrons. The van der Waals surface area contributed by atoms with E-state index in [1.54, 1.807) is 12.1 Å². The average Bonchev–Trinajstić information content (AvgIpc) is 2.03. The maximum Gasteiger partial charge on any atom is 0.125 e. The van der Waals surface area contributed by atoms with Crippen LogP contribution in [0.3, 0.4) is 0 Å². The van der Waals surface area contributed by atoms with E-state index in [0.29, 0.717) is 5.75 Å². The number of hydrogen-bond acceptors (Lipinski definition) is 3. The third kappa shape index (κ3) is 3.00. The molecule has 0 saturated heterocycles. The van der Waals surface area contributed by atoms with Crippen molar-refractivity contribution in [3.05, 3.63) is 30.3 Å². The van der Waals surface area contributed by atoms with E-state index >= 15 is 0 Å². The molecular weight excluding hydrogens is 160 g/mol. The third-order valence-corrected chi connectivity index (χ3v) is 1.22. The summed E-state index contributed by atoms with van der Waals surface area (Å²) in [6.45, 7) is -0.0284. The topological polar surface area (TPSA) is 26.3 Å². The molecule has 0 atom stereocenters. The Bertz CT molecular complexity index is 233. The highest BCUT2D eigenvalue weighted by Crippen LogP contribution is 2.07. The van der Waals surface area contributed by atoms with E-state index in [1.165, 1.54) is 0 Å². The normalized spacial score (nSPS) is 9.09. The van der Waals surface area contributed by atoms with E-state index in [1.807, 2.05) is 18.2 Å². The molecule has 0 N–H and O–H groups in total. The quantitative estimate of drug-likeness (QED) is 0.631. The zero-order valence-electron chi connectivity index (χ0n) is 5.82. The summed E-state index contributed by atoms with van der Waals surface area (Å²) >= 11 is 4.31. The van der Waals surface area contributed by atoms with Crippen molar-refractivity contribution in [2.75, 3.05) is 6.61 Å². The fourth-order valence-corrected chi connectivity index (χ4v) is 0.718. The second-order valence-corrected chi connectivity index (χ2v) is 2.43. The Hall–Kier alpha value is -1.09. The van der Waals surface area contributed by atoms with Crippen molar-refractivity contribution in [2.24, 2.45) is 0 Å². The van der Waals surface area contributed by atoms with Crippen molar-refractivity contribution in [1.82, 2.24) is 0 Å². The van der Waals surface area contributed by atoms with Crippen molar-refractivity contribution >= 4 is 17.7 Å². The van der Waals surface area contributed by atoms with Gasteiger partial charge in [0.25, 0.3) is 0 Å². The zero-order chi connectivity index (χ0) is 8.10. The Labute approximate surface area is 70.6 Å². The molecule has 0 aliphatic rings. The van der Waals surface area contributed by atoms with Gasteiger partial charge in [-0.15, -0.1) is 0 Å². The van der Waals surface area contributed by atoms with Gasteiger partial charge in [-0.25, -0.2) is 0 Å². The van der Waals surface area contributed by atoms with Crippen LogP contribution in [-0.4, -0.2) is 11.7 Å². The standard InChI is InChI=1S/C8H8O2S/c9-8(11)6-10-7-4-2-1-3-5-7/h1-5H,6H2,(H,9,11)/p-1. The summed E-state index contributed by atoms with van der Waals surface area (Å²) in [5.41, 5.74) is 0. The van der Waals surface area contributed by atoms with Crippen molar-refractivity contribution in [2.45, 2.75) is 0 Å². The first kappa shape index (κ1) is 8.01. The first-order valence-corrected chi connectivity index (χ1v) is 3.57. The van der Waals surface area contributed by atoms with Crippen molar-refractivity contribution in [3.8, 4) is 5.75 Å². The summed E-state index contributed by atoms with van der Waals surface area (Å²) in [6.07, 6.45) is 0. The minimum absolute atomic E-state index is 0.0284. The first-order chi connectivity index (χ1) is 5.29. The van der Waals surface area contributed by atoms with Crippen LogP contribution in [0.5, 0.6) is 5.75 Å². The lowest BCUT2D eigenvalue weighted by Gasteiger charge is -2.06. The maximum absolute atomic E-state index is 10.3. The van der Waals surface area contributed by atoms with Crippen molar-refractivity contribution in [3.63, 3.8) is 0 Å². The lowest BCUT2D eigenvalue weighted by atomic mass is 10.3. The lowest BCUT2D eigenvalue weighted by molar-refractivity contribution is -0.112. The first-order valence-electron chi connectivity index (χ1n) is 3.17. The zero-order valence-corrected chi connectivity index (χ0v) is 6.64. The number of rotatable bonds is 3. The second kappa shape index (κ2) is 3.93. The molecule has 0 amide bonds. The van der Waals surface area contributed by atoms with Gasteiger partial charge in [-0.1, -0.05) is 18.2 Å². The fourth-order valence-electron chi connectivity index (χ4n) is 0.659. The molecular formula is C8H7O2S-. The summed E-state index contributed by atoms with van der Waals surface area (Å²) in [6, 6.07) is 9.10. The van der Waals surface area contributed by atoms with E-state index in [9.17, 15) is 4.79 Å². The van der Waals surface area contributed by atoms with E-state index in [-0.39, 0.29) is 11.7 Å². The molecule has 0 heterocycles. The van der Waals surface area contributed by atoms with E-state index in [0.717, 1.165) is 0 Å².